The van der Waals surface area contributed by atoms with Crippen LogP contribution < -0.4 is 11.5 Å². The Morgan fingerprint density at radius 2 is 1.89 bits per heavy atom. The zero-order valence-corrected chi connectivity index (χ0v) is 11.7. The van der Waals surface area contributed by atoms with Gasteiger partial charge in [-0.25, -0.2) is 0 Å². The van der Waals surface area contributed by atoms with Crippen LogP contribution in [0.5, 0.6) is 0 Å². The molecule has 98 valence electrons. The Bertz CT molecular complexity index is 433. The maximum atomic E-state index is 11.8. The summed E-state index contributed by atoms with van der Waals surface area (Å²) in [6, 6.07) is 6.75. The van der Waals surface area contributed by atoms with Crippen molar-refractivity contribution in [2.24, 2.45) is 11.5 Å². The highest BCUT2D eigenvalue weighted by Crippen LogP contribution is 2.12. The van der Waals surface area contributed by atoms with Crippen molar-refractivity contribution in [3.05, 3.63) is 34.3 Å². The Morgan fingerprint density at radius 3 is 2.39 bits per heavy atom. The van der Waals surface area contributed by atoms with Crippen LogP contribution in [0.4, 0.5) is 0 Å². The molecule has 1 rings (SSSR count). The number of carbonyl (C=O) groups is 2. The van der Waals surface area contributed by atoms with Crippen LogP contribution in [-0.2, 0) is 16.1 Å². The molecule has 1 unspecified atom stereocenters. The highest BCUT2D eigenvalue weighted by atomic mass is 79.9. The van der Waals surface area contributed by atoms with E-state index in [0.717, 1.165) is 10.0 Å². The number of benzene rings is 1. The summed E-state index contributed by atoms with van der Waals surface area (Å²) in [7, 11) is 1.64. The van der Waals surface area contributed by atoms with Gasteiger partial charge in [-0.2, -0.15) is 0 Å². The fraction of sp³-hybridized carbons (Fsp3) is 0.333. The third-order valence-electron chi connectivity index (χ3n) is 2.45. The van der Waals surface area contributed by atoms with Crippen molar-refractivity contribution in [3.63, 3.8) is 0 Å². The van der Waals surface area contributed by atoms with E-state index in [4.69, 9.17) is 11.5 Å². The molecule has 1 aromatic carbocycles. The van der Waals surface area contributed by atoms with Crippen LogP contribution in [0, 0.1) is 0 Å². The molecule has 5 nitrogen and oxygen atoms in total. The lowest BCUT2D eigenvalue weighted by Crippen LogP contribution is -2.43. The molecule has 0 bridgehead atoms. The molecule has 18 heavy (non-hydrogen) atoms. The summed E-state index contributed by atoms with van der Waals surface area (Å²) in [5.41, 5.74) is 11.6. The first kappa shape index (κ1) is 14.7. The van der Waals surface area contributed by atoms with Crippen LogP contribution >= 0.6 is 15.9 Å². The van der Waals surface area contributed by atoms with Crippen molar-refractivity contribution in [3.8, 4) is 0 Å². The van der Waals surface area contributed by atoms with E-state index in [1.807, 2.05) is 24.3 Å². The van der Waals surface area contributed by atoms with Gasteiger partial charge in [0, 0.05) is 18.1 Å². The van der Waals surface area contributed by atoms with E-state index in [9.17, 15) is 9.59 Å². The maximum Gasteiger partial charge on any atom is 0.240 e. The Labute approximate surface area is 114 Å². The van der Waals surface area contributed by atoms with E-state index in [-0.39, 0.29) is 12.3 Å². The number of likely N-dealkylation sites (N-methyl/N-ethyl adjacent to an activating group) is 1. The Kier molecular flexibility index (Phi) is 5.30. The molecular formula is C12H16BrN3O2. The standard InChI is InChI=1S/C12H16BrN3O2/c1-16(12(18)10(14)6-11(15)17)7-8-2-4-9(13)5-3-8/h2-5,10H,6-7,14H2,1H3,(H2,15,17). The molecule has 0 fully saturated rings. The topological polar surface area (TPSA) is 89.4 Å². The zero-order chi connectivity index (χ0) is 13.7. The molecule has 0 aliphatic heterocycles. The minimum atomic E-state index is -0.872. The molecule has 0 heterocycles. The van der Waals surface area contributed by atoms with Crippen LogP contribution in [0.2, 0.25) is 0 Å². The molecule has 0 aliphatic rings. The van der Waals surface area contributed by atoms with Crippen LogP contribution in [0.3, 0.4) is 0 Å². The van der Waals surface area contributed by atoms with Crippen LogP contribution in [-0.4, -0.2) is 29.8 Å². The lowest BCUT2D eigenvalue weighted by atomic mass is 10.1. The summed E-state index contributed by atoms with van der Waals surface area (Å²) in [6.07, 6.45) is -0.135. The molecule has 1 aromatic rings. The fourth-order valence-electron chi connectivity index (χ4n) is 1.53. The number of carbonyl (C=O) groups excluding carboxylic acids is 2. The molecule has 0 spiro atoms. The highest BCUT2D eigenvalue weighted by Gasteiger charge is 2.19. The summed E-state index contributed by atoms with van der Waals surface area (Å²) >= 11 is 3.34. The SMILES string of the molecule is CN(Cc1ccc(Br)cc1)C(=O)C(N)CC(N)=O. The van der Waals surface area contributed by atoms with E-state index in [1.165, 1.54) is 4.90 Å². The molecule has 0 saturated heterocycles. The van der Waals surface area contributed by atoms with Gasteiger partial charge in [-0.3, -0.25) is 9.59 Å². The predicted molar refractivity (Wildman–Crippen MR) is 72.4 cm³/mol. The highest BCUT2D eigenvalue weighted by molar-refractivity contribution is 9.10. The second-order valence-corrected chi connectivity index (χ2v) is 5.01. The number of hydrogen-bond acceptors (Lipinski definition) is 3. The van der Waals surface area contributed by atoms with Gasteiger partial charge in [-0.05, 0) is 17.7 Å². The van der Waals surface area contributed by atoms with Crippen LogP contribution in [0.25, 0.3) is 0 Å². The maximum absolute atomic E-state index is 11.8. The second-order valence-electron chi connectivity index (χ2n) is 4.10. The van der Waals surface area contributed by atoms with E-state index < -0.39 is 11.9 Å². The normalized spacial score (nSPS) is 11.9. The summed E-state index contributed by atoms with van der Waals surface area (Å²) < 4.78 is 0.977. The van der Waals surface area contributed by atoms with Gasteiger partial charge in [0.1, 0.15) is 0 Å². The largest absolute Gasteiger partial charge is 0.370 e. The van der Waals surface area contributed by atoms with Gasteiger partial charge in [-0.1, -0.05) is 28.1 Å². The van der Waals surface area contributed by atoms with Crippen LogP contribution in [0.15, 0.2) is 28.7 Å². The lowest BCUT2D eigenvalue weighted by Gasteiger charge is -2.20. The number of nitrogens with two attached hydrogens (primary N) is 2. The summed E-state index contributed by atoms with van der Waals surface area (Å²) in [5.74, 6) is -0.871. The average Bonchev–Trinajstić information content (AvgIpc) is 2.30. The van der Waals surface area contributed by atoms with E-state index in [1.54, 1.807) is 7.05 Å². The summed E-state index contributed by atoms with van der Waals surface area (Å²) in [5, 5.41) is 0. The molecule has 2 amide bonds. The fourth-order valence-corrected chi connectivity index (χ4v) is 1.79. The Hall–Kier alpha value is -1.40. The predicted octanol–water partition coefficient (Wildman–Crippen LogP) is 0.610. The zero-order valence-electron chi connectivity index (χ0n) is 10.1. The summed E-state index contributed by atoms with van der Waals surface area (Å²) in [4.78, 5) is 24.0. The molecule has 0 saturated carbocycles. The average molecular weight is 314 g/mol. The monoisotopic (exact) mass is 313 g/mol. The molecule has 0 radical (unpaired) electrons. The first-order valence-corrected chi connectivity index (χ1v) is 6.22. The Morgan fingerprint density at radius 1 is 1.33 bits per heavy atom. The number of rotatable bonds is 5. The van der Waals surface area contributed by atoms with Gasteiger partial charge in [0.15, 0.2) is 0 Å². The van der Waals surface area contributed by atoms with Gasteiger partial charge in [-0.15, -0.1) is 0 Å². The first-order chi connectivity index (χ1) is 8.40. The number of amides is 2. The third kappa shape index (κ3) is 4.46. The number of primary amides is 1. The van der Waals surface area contributed by atoms with Gasteiger partial charge in [0.25, 0.3) is 0 Å². The van der Waals surface area contributed by atoms with Crippen LogP contribution in [0.1, 0.15) is 12.0 Å². The molecule has 1 atom stereocenters. The third-order valence-corrected chi connectivity index (χ3v) is 2.98. The van der Waals surface area contributed by atoms with Crippen molar-refractivity contribution in [1.82, 2.24) is 4.90 Å². The smallest absolute Gasteiger partial charge is 0.240 e. The van der Waals surface area contributed by atoms with Crippen molar-refractivity contribution in [2.45, 2.75) is 19.0 Å². The van der Waals surface area contributed by atoms with E-state index in [0.29, 0.717) is 6.54 Å². The Balaban J connectivity index is 2.59. The van der Waals surface area contributed by atoms with Gasteiger partial charge in [0.2, 0.25) is 11.8 Å². The number of hydrogen-bond donors (Lipinski definition) is 2. The molecule has 6 heteroatoms. The molecular weight excluding hydrogens is 298 g/mol. The lowest BCUT2D eigenvalue weighted by molar-refractivity contribution is -0.133. The van der Waals surface area contributed by atoms with E-state index >= 15 is 0 Å². The first-order valence-electron chi connectivity index (χ1n) is 5.43. The molecule has 0 aliphatic carbocycles. The van der Waals surface area contributed by atoms with Crippen molar-refractivity contribution < 1.29 is 9.59 Å². The van der Waals surface area contributed by atoms with Gasteiger partial charge < -0.3 is 16.4 Å². The van der Waals surface area contributed by atoms with Gasteiger partial charge >= 0.3 is 0 Å². The minimum absolute atomic E-state index is 0.135. The van der Waals surface area contributed by atoms with Gasteiger partial charge in [0.05, 0.1) is 12.5 Å². The number of halogens is 1. The summed E-state index contributed by atoms with van der Waals surface area (Å²) in [6.45, 7) is 0.443. The van der Waals surface area contributed by atoms with Crippen molar-refractivity contribution in [1.29, 1.82) is 0 Å². The number of nitrogens with zero attached hydrogens (tertiary/aromatic N) is 1. The molecule has 4 N–H and O–H groups in total. The van der Waals surface area contributed by atoms with Crippen molar-refractivity contribution >= 4 is 27.7 Å². The van der Waals surface area contributed by atoms with Crippen molar-refractivity contribution in [2.75, 3.05) is 7.05 Å². The second kappa shape index (κ2) is 6.51. The minimum Gasteiger partial charge on any atom is -0.370 e. The quantitative estimate of drug-likeness (QED) is 0.834. The van der Waals surface area contributed by atoms with E-state index in [2.05, 4.69) is 15.9 Å². The molecule has 0 aromatic heterocycles.